The van der Waals surface area contributed by atoms with E-state index in [2.05, 4.69) is 18.7 Å². The highest BCUT2D eigenvalue weighted by atomic mass is 16.3. The SMILES string of the molecule is CC1CCC(C)N1Cc1cc(N(C)C)c2c(c1O)C(O)=C1C(=O)[C@]3(O)C(O)=C(C(N)=O)C(=O)C[C@@H]3C[C@@H]1C2. The Morgan fingerprint density at radius 1 is 1.13 bits per heavy atom. The van der Waals surface area contributed by atoms with Crippen molar-refractivity contribution in [3.63, 3.8) is 0 Å². The number of carbonyl (C=O) groups is 3. The first-order valence-corrected chi connectivity index (χ1v) is 13.1. The van der Waals surface area contributed by atoms with Gasteiger partial charge in [-0.1, -0.05) is 0 Å². The van der Waals surface area contributed by atoms with Gasteiger partial charge < -0.3 is 31.1 Å². The third-order valence-corrected chi connectivity index (χ3v) is 9.09. The van der Waals surface area contributed by atoms with Crippen molar-refractivity contribution in [1.29, 1.82) is 0 Å². The van der Waals surface area contributed by atoms with Crippen LogP contribution in [0.4, 0.5) is 5.69 Å². The number of benzene rings is 1. The van der Waals surface area contributed by atoms with Gasteiger partial charge in [0, 0.05) is 61.9 Å². The molecule has 3 aliphatic carbocycles. The fraction of sp³-hybridized carbons (Fsp3) is 0.536. The first-order valence-electron chi connectivity index (χ1n) is 13.1. The molecule has 10 heteroatoms. The number of anilines is 1. The third-order valence-electron chi connectivity index (χ3n) is 9.09. The molecule has 204 valence electrons. The summed E-state index contributed by atoms with van der Waals surface area (Å²) in [5.41, 5.74) is 4.00. The number of nitrogens with two attached hydrogens (primary N) is 1. The van der Waals surface area contributed by atoms with Crippen LogP contribution in [0.3, 0.4) is 0 Å². The van der Waals surface area contributed by atoms with Crippen LogP contribution in [0.5, 0.6) is 5.75 Å². The van der Waals surface area contributed by atoms with E-state index >= 15 is 0 Å². The van der Waals surface area contributed by atoms with Gasteiger partial charge in [0.2, 0.25) is 5.78 Å². The number of aliphatic hydroxyl groups excluding tert-OH is 2. The fourth-order valence-electron chi connectivity index (χ4n) is 7.00. The van der Waals surface area contributed by atoms with E-state index in [4.69, 9.17) is 5.73 Å². The van der Waals surface area contributed by atoms with Crippen molar-refractivity contribution in [2.24, 2.45) is 17.6 Å². The Hall–Kier alpha value is -3.37. The quantitative estimate of drug-likeness (QED) is 0.369. The second-order valence-corrected chi connectivity index (χ2v) is 11.5. The number of amides is 1. The molecule has 1 aliphatic heterocycles. The first kappa shape index (κ1) is 26.2. The molecule has 0 spiro atoms. The van der Waals surface area contributed by atoms with Crippen LogP contribution in [-0.4, -0.2) is 74.6 Å². The van der Waals surface area contributed by atoms with Gasteiger partial charge in [-0.3, -0.25) is 19.3 Å². The number of carbonyl (C=O) groups excluding carboxylic acids is 3. The molecule has 10 nitrogen and oxygen atoms in total. The fourth-order valence-corrected chi connectivity index (χ4v) is 7.00. The maximum absolute atomic E-state index is 13.8. The topological polar surface area (TPSA) is 165 Å². The Morgan fingerprint density at radius 2 is 1.76 bits per heavy atom. The van der Waals surface area contributed by atoms with Crippen LogP contribution in [0.25, 0.3) is 5.76 Å². The monoisotopic (exact) mass is 525 g/mol. The Balaban J connectivity index is 1.67. The summed E-state index contributed by atoms with van der Waals surface area (Å²) in [5.74, 6) is -6.13. The number of aliphatic hydroxyl groups is 3. The van der Waals surface area contributed by atoms with Gasteiger partial charge in [-0.25, -0.2) is 0 Å². The van der Waals surface area contributed by atoms with Crippen molar-refractivity contribution in [3.05, 3.63) is 39.7 Å². The maximum Gasteiger partial charge on any atom is 0.255 e. The zero-order valence-electron chi connectivity index (χ0n) is 22.1. The number of fused-ring (bicyclic) bond motifs is 3. The average Bonchev–Trinajstić information content (AvgIpc) is 3.14. The highest BCUT2D eigenvalue weighted by Crippen LogP contribution is 2.53. The van der Waals surface area contributed by atoms with Gasteiger partial charge in [-0.2, -0.15) is 0 Å². The molecule has 1 aromatic carbocycles. The third kappa shape index (κ3) is 3.57. The van der Waals surface area contributed by atoms with Crippen LogP contribution in [0.2, 0.25) is 0 Å². The normalized spacial score (nSPS) is 31.3. The minimum absolute atomic E-state index is 0.112. The summed E-state index contributed by atoms with van der Waals surface area (Å²) in [7, 11) is 3.74. The van der Waals surface area contributed by atoms with E-state index in [1.165, 1.54) is 0 Å². The Bertz CT molecular complexity index is 1320. The lowest BCUT2D eigenvalue weighted by molar-refractivity contribution is -0.147. The number of hydrogen-bond donors (Lipinski definition) is 5. The number of likely N-dealkylation sites (tertiary alicyclic amines) is 1. The average molecular weight is 526 g/mol. The molecule has 2 unspecified atom stereocenters. The molecule has 5 rings (SSSR count). The van der Waals surface area contributed by atoms with Crippen LogP contribution >= 0.6 is 0 Å². The van der Waals surface area contributed by atoms with Crippen molar-refractivity contribution in [2.75, 3.05) is 19.0 Å². The van der Waals surface area contributed by atoms with E-state index in [1.54, 1.807) is 0 Å². The summed E-state index contributed by atoms with van der Waals surface area (Å²) in [5, 5.41) is 45.2. The maximum atomic E-state index is 13.8. The lowest BCUT2D eigenvalue weighted by Crippen LogP contribution is -2.58. The van der Waals surface area contributed by atoms with E-state index in [1.807, 2.05) is 25.1 Å². The minimum Gasteiger partial charge on any atom is -0.508 e. The van der Waals surface area contributed by atoms with Crippen molar-refractivity contribution in [1.82, 2.24) is 4.90 Å². The van der Waals surface area contributed by atoms with E-state index < -0.39 is 52.0 Å². The van der Waals surface area contributed by atoms with Crippen molar-refractivity contribution in [3.8, 4) is 5.75 Å². The van der Waals surface area contributed by atoms with E-state index in [-0.39, 0.29) is 36.1 Å². The highest BCUT2D eigenvalue weighted by molar-refractivity contribution is 6.22. The molecular formula is C28H35N3O7. The van der Waals surface area contributed by atoms with E-state index in [0.717, 1.165) is 18.5 Å². The van der Waals surface area contributed by atoms with E-state index in [9.17, 15) is 34.8 Å². The molecule has 0 radical (unpaired) electrons. The predicted molar refractivity (Wildman–Crippen MR) is 139 cm³/mol. The van der Waals surface area contributed by atoms with Gasteiger partial charge in [-0.05, 0) is 57.1 Å². The van der Waals surface area contributed by atoms with Gasteiger partial charge in [0.25, 0.3) is 5.91 Å². The van der Waals surface area contributed by atoms with E-state index in [0.29, 0.717) is 29.8 Å². The zero-order chi connectivity index (χ0) is 27.8. The number of rotatable bonds is 4. The van der Waals surface area contributed by atoms with Crippen LogP contribution in [0.15, 0.2) is 23.0 Å². The number of aromatic hydroxyl groups is 1. The standard InChI is InChI=1S/C28H35N3O7/c1-12-5-6-13(2)31(12)11-15-9-18(30(3)4)17-8-14-7-16-10-19(32)22(27(29)37)26(36)28(16,38)25(35)20(14)24(34)21(17)23(15)33/h9,12-14,16,33-34,36,38H,5-8,10-11H2,1-4H3,(H2,29,37)/t12?,13?,14-,16+,28+/m1/s1. The summed E-state index contributed by atoms with van der Waals surface area (Å²) in [6.45, 7) is 4.74. The van der Waals surface area contributed by atoms with Gasteiger partial charge in [0.15, 0.2) is 11.4 Å². The number of ketones is 2. The number of hydrogen-bond acceptors (Lipinski definition) is 9. The van der Waals surface area contributed by atoms with Crippen molar-refractivity contribution < 1.29 is 34.8 Å². The van der Waals surface area contributed by atoms with Crippen LogP contribution in [-0.2, 0) is 27.3 Å². The smallest absolute Gasteiger partial charge is 0.255 e. The molecule has 2 fully saturated rings. The van der Waals surface area contributed by atoms with Gasteiger partial charge in [0.1, 0.15) is 22.8 Å². The van der Waals surface area contributed by atoms with Crippen LogP contribution in [0, 0.1) is 11.8 Å². The molecule has 1 amide bonds. The molecule has 1 aromatic rings. The second-order valence-electron chi connectivity index (χ2n) is 11.5. The summed E-state index contributed by atoms with van der Waals surface area (Å²) in [4.78, 5) is 42.3. The highest BCUT2D eigenvalue weighted by Gasteiger charge is 2.60. The zero-order valence-corrected chi connectivity index (χ0v) is 22.1. The molecule has 0 bridgehead atoms. The molecular weight excluding hydrogens is 490 g/mol. The van der Waals surface area contributed by atoms with Crippen LogP contribution in [0.1, 0.15) is 56.2 Å². The molecule has 1 heterocycles. The number of nitrogens with zero attached hydrogens (tertiary/aromatic N) is 2. The molecule has 0 aromatic heterocycles. The number of Topliss-reactive ketones (excluding diaryl/α,β-unsaturated/α-hetero) is 2. The van der Waals surface area contributed by atoms with Crippen molar-refractivity contribution >= 4 is 28.9 Å². The molecule has 4 aliphatic rings. The molecule has 1 saturated heterocycles. The van der Waals surface area contributed by atoms with Gasteiger partial charge in [0.05, 0.1) is 5.56 Å². The lowest BCUT2D eigenvalue weighted by Gasteiger charge is -2.46. The minimum atomic E-state index is -2.56. The van der Waals surface area contributed by atoms with Gasteiger partial charge in [-0.15, -0.1) is 0 Å². The second kappa shape index (κ2) is 8.84. The Morgan fingerprint density at radius 3 is 2.34 bits per heavy atom. The summed E-state index contributed by atoms with van der Waals surface area (Å²) in [6.07, 6.45) is 2.16. The van der Waals surface area contributed by atoms with Crippen LogP contribution < -0.4 is 10.6 Å². The molecule has 38 heavy (non-hydrogen) atoms. The Labute approximate surface area is 221 Å². The summed E-state index contributed by atoms with van der Waals surface area (Å²) in [6, 6.07) is 2.58. The largest absolute Gasteiger partial charge is 0.508 e. The summed E-state index contributed by atoms with van der Waals surface area (Å²) >= 11 is 0. The van der Waals surface area contributed by atoms with Crippen molar-refractivity contribution in [2.45, 2.75) is 70.2 Å². The first-order chi connectivity index (χ1) is 17.8. The molecule has 6 N–H and O–H groups in total. The number of primary amides is 1. The Kier molecular flexibility index (Phi) is 6.11. The number of phenolic OH excluding ortho intramolecular Hbond substituents is 1. The lowest BCUT2D eigenvalue weighted by atomic mass is 9.59. The molecule has 5 atom stereocenters. The van der Waals surface area contributed by atoms with Gasteiger partial charge >= 0.3 is 0 Å². The number of phenols is 1. The summed E-state index contributed by atoms with van der Waals surface area (Å²) < 4.78 is 0. The molecule has 1 saturated carbocycles. The predicted octanol–water partition coefficient (Wildman–Crippen LogP) is 1.86.